The smallest absolute Gasteiger partial charge is 0.244 e. The van der Waals surface area contributed by atoms with Gasteiger partial charge >= 0.3 is 0 Å². The molecule has 0 aromatic heterocycles. The molecule has 1 aromatic carbocycles. The fourth-order valence-corrected chi connectivity index (χ4v) is 2.20. The lowest BCUT2D eigenvalue weighted by Gasteiger charge is -2.26. The normalized spacial score (nSPS) is 11.1. The topological polar surface area (TPSA) is 49.4 Å². The van der Waals surface area contributed by atoms with E-state index in [0.717, 1.165) is 17.7 Å². The summed E-state index contributed by atoms with van der Waals surface area (Å²) in [6, 6.07) is 7.64. The molecular formula is C18H28N2O2. The van der Waals surface area contributed by atoms with Crippen LogP contribution in [0.5, 0.6) is 0 Å². The van der Waals surface area contributed by atoms with Gasteiger partial charge in [-0.1, -0.05) is 45.9 Å². The number of para-hydroxylation sites is 1. The van der Waals surface area contributed by atoms with Crippen LogP contribution in [0.1, 0.15) is 46.1 Å². The zero-order valence-electron chi connectivity index (χ0n) is 14.4. The molecule has 0 atom stereocenters. The van der Waals surface area contributed by atoms with E-state index in [9.17, 15) is 9.59 Å². The quantitative estimate of drug-likeness (QED) is 0.873. The predicted molar refractivity (Wildman–Crippen MR) is 90.8 cm³/mol. The summed E-state index contributed by atoms with van der Waals surface area (Å²) in [6.45, 7) is 10.8. The van der Waals surface area contributed by atoms with E-state index in [0.29, 0.717) is 13.0 Å². The molecule has 0 fully saturated rings. The van der Waals surface area contributed by atoms with Crippen molar-refractivity contribution in [1.29, 1.82) is 0 Å². The highest BCUT2D eigenvalue weighted by Gasteiger charge is 2.22. The van der Waals surface area contributed by atoms with Crippen LogP contribution in [0.3, 0.4) is 0 Å². The molecular weight excluding hydrogens is 276 g/mol. The van der Waals surface area contributed by atoms with Crippen molar-refractivity contribution in [3.05, 3.63) is 29.8 Å². The number of amides is 2. The first-order valence-electron chi connectivity index (χ1n) is 7.86. The molecule has 1 aromatic rings. The van der Waals surface area contributed by atoms with Crippen LogP contribution in [0.15, 0.2) is 24.3 Å². The van der Waals surface area contributed by atoms with Gasteiger partial charge < -0.3 is 10.2 Å². The Balaban J connectivity index is 2.68. The molecule has 0 aliphatic rings. The largest absolute Gasteiger partial charge is 0.333 e. The van der Waals surface area contributed by atoms with Crippen LogP contribution in [0.4, 0.5) is 5.69 Å². The second kappa shape index (κ2) is 7.97. The summed E-state index contributed by atoms with van der Waals surface area (Å²) in [5, 5.41) is 2.88. The van der Waals surface area contributed by atoms with Crippen LogP contribution in [0, 0.1) is 12.3 Å². The first kappa shape index (κ1) is 18.2. The highest BCUT2D eigenvalue weighted by molar-refractivity contribution is 5.95. The minimum atomic E-state index is -0.148. The standard InChI is InChI=1S/C18H28N2O2/c1-6-11-20(17(22)12-18(3,4)5)13-16(21)19-15-10-8-7-9-14(15)2/h7-10H,6,11-13H2,1-5H3,(H,19,21). The Morgan fingerprint density at radius 3 is 2.36 bits per heavy atom. The molecule has 4 nitrogen and oxygen atoms in total. The van der Waals surface area contributed by atoms with Crippen LogP contribution in [-0.2, 0) is 9.59 Å². The lowest BCUT2D eigenvalue weighted by Crippen LogP contribution is -2.40. The van der Waals surface area contributed by atoms with Crippen molar-refractivity contribution in [1.82, 2.24) is 4.90 Å². The molecule has 0 aliphatic carbocycles. The average Bonchev–Trinajstić information content (AvgIpc) is 2.39. The van der Waals surface area contributed by atoms with E-state index in [1.54, 1.807) is 4.90 Å². The van der Waals surface area contributed by atoms with Gasteiger partial charge in [-0.3, -0.25) is 9.59 Å². The van der Waals surface area contributed by atoms with Crippen molar-refractivity contribution in [3.8, 4) is 0 Å². The molecule has 22 heavy (non-hydrogen) atoms. The van der Waals surface area contributed by atoms with E-state index in [-0.39, 0.29) is 23.8 Å². The highest BCUT2D eigenvalue weighted by Crippen LogP contribution is 2.20. The van der Waals surface area contributed by atoms with Gasteiger partial charge in [-0.2, -0.15) is 0 Å². The molecule has 122 valence electrons. The highest BCUT2D eigenvalue weighted by atomic mass is 16.2. The van der Waals surface area contributed by atoms with Crippen molar-refractivity contribution in [2.75, 3.05) is 18.4 Å². The van der Waals surface area contributed by atoms with E-state index in [4.69, 9.17) is 0 Å². The molecule has 0 aliphatic heterocycles. The summed E-state index contributed by atoms with van der Waals surface area (Å²) in [6.07, 6.45) is 1.29. The van der Waals surface area contributed by atoms with Crippen molar-refractivity contribution >= 4 is 17.5 Å². The first-order valence-corrected chi connectivity index (χ1v) is 7.86. The third kappa shape index (κ3) is 6.29. The summed E-state index contributed by atoms with van der Waals surface area (Å²) < 4.78 is 0. The minimum Gasteiger partial charge on any atom is -0.333 e. The molecule has 0 unspecified atom stereocenters. The molecule has 0 bridgehead atoms. The van der Waals surface area contributed by atoms with Gasteiger partial charge in [0.1, 0.15) is 0 Å². The van der Waals surface area contributed by atoms with Crippen LogP contribution in [-0.4, -0.2) is 29.8 Å². The van der Waals surface area contributed by atoms with Crippen LogP contribution >= 0.6 is 0 Å². The third-order valence-electron chi connectivity index (χ3n) is 3.28. The Morgan fingerprint density at radius 1 is 1.18 bits per heavy atom. The van der Waals surface area contributed by atoms with Gasteiger partial charge in [0.25, 0.3) is 0 Å². The Labute approximate surface area is 133 Å². The summed E-state index contributed by atoms with van der Waals surface area (Å²) in [7, 11) is 0. The van der Waals surface area contributed by atoms with Crippen molar-refractivity contribution in [3.63, 3.8) is 0 Å². The molecule has 0 radical (unpaired) electrons. The van der Waals surface area contributed by atoms with Gasteiger partial charge in [-0.25, -0.2) is 0 Å². The molecule has 0 heterocycles. The zero-order valence-corrected chi connectivity index (χ0v) is 14.4. The summed E-state index contributed by atoms with van der Waals surface area (Å²) >= 11 is 0. The number of nitrogens with one attached hydrogen (secondary N) is 1. The number of hydrogen-bond donors (Lipinski definition) is 1. The predicted octanol–water partition coefficient (Wildman–Crippen LogP) is 3.61. The molecule has 4 heteroatoms. The van der Waals surface area contributed by atoms with Gasteiger partial charge in [0.15, 0.2) is 0 Å². The first-order chi connectivity index (χ1) is 10.2. The summed E-state index contributed by atoms with van der Waals surface area (Å²) in [5.41, 5.74) is 1.74. The second-order valence-corrected chi connectivity index (χ2v) is 6.92. The number of rotatable bonds is 6. The van der Waals surface area contributed by atoms with E-state index in [2.05, 4.69) is 5.32 Å². The summed E-state index contributed by atoms with van der Waals surface area (Å²) in [5.74, 6) is -0.112. The molecule has 0 saturated heterocycles. The lowest BCUT2D eigenvalue weighted by molar-refractivity contribution is -0.136. The van der Waals surface area contributed by atoms with Crippen LogP contribution < -0.4 is 5.32 Å². The fraction of sp³-hybridized carbons (Fsp3) is 0.556. The van der Waals surface area contributed by atoms with Gasteiger partial charge in [-0.05, 0) is 30.4 Å². The Kier molecular flexibility index (Phi) is 6.60. The zero-order chi connectivity index (χ0) is 16.8. The van der Waals surface area contributed by atoms with E-state index >= 15 is 0 Å². The van der Waals surface area contributed by atoms with Gasteiger partial charge in [0.2, 0.25) is 11.8 Å². The average molecular weight is 304 g/mol. The van der Waals surface area contributed by atoms with Crippen LogP contribution in [0.25, 0.3) is 0 Å². The number of hydrogen-bond acceptors (Lipinski definition) is 2. The molecule has 1 N–H and O–H groups in total. The molecule has 2 amide bonds. The molecule has 0 saturated carbocycles. The second-order valence-electron chi connectivity index (χ2n) is 6.92. The summed E-state index contributed by atoms with van der Waals surface area (Å²) in [4.78, 5) is 26.2. The molecule has 0 spiro atoms. The van der Waals surface area contributed by atoms with E-state index < -0.39 is 0 Å². The van der Waals surface area contributed by atoms with Crippen molar-refractivity contribution < 1.29 is 9.59 Å². The van der Waals surface area contributed by atoms with E-state index in [1.165, 1.54) is 0 Å². The Hall–Kier alpha value is -1.84. The fourth-order valence-electron chi connectivity index (χ4n) is 2.20. The van der Waals surface area contributed by atoms with Crippen LogP contribution in [0.2, 0.25) is 0 Å². The number of carbonyl (C=O) groups is 2. The van der Waals surface area contributed by atoms with Gasteiger partial charge in [-0.15, -0.1) is 0 Å². The number of benzene rings is 1. The van der Waals surface area contributed by atoms with Crippen molar-refractivity contribution in [2.24, 2.45) is 5.41 Å². The lowest BCUT2D eigenvalue weighted by atomic mass is 9.91. The maximum Gasteiger partial charge on any atom is 0.244 e. The number of aryl methyl sites for hydroxylation is 1. The minimum absolute atomic E-state index is 0.0364. The Bertz CT molecular complexity index is 518. The number of anilines is 1. The molecule has 1 rings (SSSR count). The van der Waals surface area contributed by atoms with Gasteiger partial charge in [0.05, 0.1) is 6.54 Å². The maximum absolute atomic E-state index is 12.3. The maximum atomic E-state index is 12.3. The van der Waals surface area contributed by atoms with E-state index in [1.807, 2.05) is 58.9 Å². The Morgan fingerprint density at radius 2 is 1.82 bits per heavy atom. The monoisotopic (exact) mass is 304 g/mol. The van der Waals surface area contributed by atoms with Crippen molar-refractivity contribution in [2.45, 2.75) is 47.5 Å². The van der Waals surface area contributed by atoms with Gasteiger partial charge in [0, 0.05) is 18.7 Å². The third-order valence-corrected chi connectivity index (χ3v) is 3.28. The number of carbonyl (C=O) groups excluding carboxylic acids is 2. The number of nitrogens with zero attached hydrogens (tertiary/aromatic N) is 1. The SMILES string of the molecule is CCCN(CC(=O)Nc1ccccc1C)C(=O)CC(C)(C)C.